The summed E-state index contributed by atoms with van der Waals surface area (Å²) in [5.74, 6) is 0. The Labute approximate surface area is 76.8 Å². The van der Waals surface area contributed by atoms with Crippen molar-refractivity contribution in [3.05, 3.63) is 0 Å². The standard InChI is InChI=1S/C8H20N2.ClH/c1-4-9-7-8-10(5-2)6-3;/h9H,4-8H2,1-3H3;1H. The van der Waals surface area contributed by atoms with Crippen molar-refractivity contribution in [2.75, 3.05) is 32.7 Å². The van der Waals surface area contributed by atoms with Gasteiger partial charge in [0.2, 0.25) is 0 Å². The molecule has 0 aliphatic heterocycles. The maximum atomic E-state index is 3.31. The summed E-state index contributed by atoms with van der Waals surface area (Å²) in [6, 6.07) is 0. The van der Waals surface area contributed by atoms with Crippen LogP contribution in [0.15, 0.2) is 0 Å². The second-order valence-electron chi connectivity index (χ2n) is 2.38. The molecule has 11 heavy (non-hydrogen) atoms. The van der Waals surface area contributed by atoms with Gasteiger partial charge in [0.25, 0.3) is 0 Å². The molecular formula is C8H21ClN2. The lowest BCUT2D eigenvalue weighted by atomic mass is 10.4. The number of halogens is 1. The highest BCUT2D eigenvalue weighted by Gasteiger charge is 1.95. The van der Waals surface area contributed by atoms with Crippen LogP contribution in [0.2, 0.25) is 0 Å². The number of hydrogen-bond acceptors (Lipinski definition) is 2. The van der Waals surface area contributed by atoms with Gasteiger partial charge in [0.1, 0.15) is 0 Å². The van der Waals surface area contributed by atoms with E-state index in [1.54, 1.807) is 0 Å². The Balaban J connectivity index is 0. The van der Waals surface area contributed by atoms with Crippen LogP contribution in [0.5, 0.6) is 0 Å². The van der Waals surface area contributed by atoms with Crippen molar-refractivity contribution >= 4 is 12.4 Å². The van der Waals surface area contributed by atoms with Gasteiger partial charge in [-0.15, -0.1) is 12.4 Å². The molecule has 0 aliphatic rings. The van der Waals surface area contributed by atoms with Gasteiger partial charge in [-0.1, -0.05) is 20.8 Å². The van der Waals surface area contributed by atoms with E-state index in [-0.39, 0.29) is 12.4 Å². The van der Waals surface area contributed by atoms with Gasteiger partial charge in [-0.05, 0) is 19.6 Å². The highest BCUT2D eigenvalue weighted by molar-refractivity contribution is 5.85. The van der Waals surface area contributed by atoms with Gasteiger partial charge in [0, 0.05) is 13.1 Å². The molecule has 0 aromatic carbocycles. The molecule has 0 amide bonds. The Morgan fingerprint density at radius 2 is 1.64 bits per heavy atom. The SMILES string of the molecule is CCNCCN(CC)CC.Cl. The summed E-state index contributed by atoms with van der Waals surface area (Å²) >= 11 is 0. The zero-order valence-electron chi connectivity index (χ0n) is 7.89. The summed E-state index contributed by atoms with van der Waals surface area (Å²) < 4.78 is 0. The van der Waals surface area contributed by atoms with Crippen LogP contribution in [0.1, 0.15) is 20.8 Å². The second-order valence-corrected chi connectivity index (χ2v) is 2.38. The van der Waals surface area contributed by atoms with E-state index in [1.165, 1.54) is 19.6 Å². The summed E-state index contributed by atoms with van der Waals surface area (Å²) in [5, 5.41) is 3.31. The number of nitrogens with zero attached hydrogens (tertiary/aromatic N) is 1. The lowest BCUT2D eigenvalue weighted by molar-refractivity contribution is 0.303. The maximum absolute atomic E-state index is 3.31. The Kier molecular flexibility index (Phi) is 12.8. The first-order chi connectivity index (χ1) is 4.85. The zero-order valence-corrected chi connectivity index (χ0v) is 8.71. The fourth-order valence-corrected chi connectivity index (χ4v) is 0.954. The maximum Gasteiger partial charge on any atom is 0.0107 e. The first-order valence-corrected chi connectivity index (χ1v) is 4.28. The van der Waals surface area contributed by atoms with Gasteiger partial charge in [0.05, 0.1) is 0 Å². The van der Waals surface area contributed by atoms with E-state index in [9.17, 15) is 0 Å². The van der Waals surface area contributed by atoms with Gasteiger partial charge < -0.3 is 10.2 Å². The topological polar surface area (TPSA) is 15.3 Å². The summed E-state index contributed by atoms with van der Waals surface area (Å²) in [4.78, 5) is 2.42. The van der Waals surface area contributed by atoms with Gasteiger partial charge in [-0.25, -0.2) is 0 Å². The molecule has 0 rings (SSSR count). The van der Waals surface area contributed by atoms with Crippen LogP contribution in [0.4, 0.5) is 0 Å². The predicted octanol–water partition coefficient (Wildman–Crippen LogP) is 1.36. The van der Waals surface area contributed by atoms with Crippen molar-refractivity contribution in [2.24, 2.45) is 0 Å². The molecule has 0 aromatic heterocycles. The molecule has 0 fully saturated rings. The number of rotatable bonds is 6. The molecule has 0 atom stereocenters. The third-order valence-corrected chi connectivity index (χ3v) is 1.75. The van der Waals surface area contributed by atoms with Gasteiger partial charge in [-0.3, -0.25) is 0 Å². The van der Waals surface area contributed by atoms with E-state index in [0.717, 1.165) is 13.1 Å². The minimum Gasteiger partial charge on any atom is -0.316 e. The molecule has 0 saturated carbocycles. The molecule has 0 aromatic rings. The molecular weight excluding hydrogens is 160 g/mol. The van der Waals surface area contributed by atoms with Crippen molar-refractivity contribution < 1.29 is 0 Å². The van der Waals surface area contributed by atoms with Crippen LogP contribution >= 0.6 is 12.4 Å². The molecule has 0 aliphatic carbocycles. The summed E-state index contributed by atoms with van der Waals surface area (Å²) in [6.07, 6.45) is 0. The lowest BCUT2D eigenvalue weighted by Gasteiger charge is -2.17. The van der Waals surface area contributed by atoms with Crippen LogP contribution in [-0.2, 0) is 0 Å². The molecule has 0 unspecified atom stereocenters. The van der Waals surface area contributed by atoms with Crippen molar-refractivity contribution in [1.29, 1.82) is 0 Å². The summed E-state index contributed by atoms with van der Waals surface area (Å²) in [7, 11) is 0. The Morgan fingerprint density at radius 3 is 2.00 bits per heavy atom. The van der Waals surface area contributed by atoms with E-state index in [2.05, 4.69) is 31.0 Å². The third kappa shape index (κ3) is 8.11. The Hall–Kier alpha value is 0.210. The molecule has 0 heterocycles. The van der Waals surface area contributed by atoms with Crippen LogP contribution in [0, 0.1) is 0 Å². The molecule has 0 spiro atoms. The van der Waals surface area contributed by atoms with Crippen molar-refractivity contribution in [2.45, 2.75) is 20.8 Å². The van der Waals surface area contributed by atoms with Gasteiger partial charge in [-0.2, -0.15) is 0 Å². The largest absolute Gasteiger partial charge is 0.316 e. The fraction of sp³-hybridized carbons (Fsp3) is 1.00. The fourth-order valence-electron chi connectivity index (χ4n) is 0.954. The normalized spacial score (nSPS) is 9.82. The van der Waals surface area contributed by atoms with E-state index in [1.807, 2.05) is 0 Å². The number of likely N-dealkylation sites (N-methyl/N-ethyl adjacent to an activating group) is 2. The first-order valence-electron chi connectivity index (χ1n) is 4.28. The van der Waals surface area contributed by atoms with E-state index in [0.29, 0.717) is 0 Å². The van der Waals surface area contributed by atoms with Crippen molar-refractivity contribution in [1.82, 2.24) is 10.2 Å². The average Bonchev–Trinajstić information content (AvgIpc) is 1.99. The lowest BCUT2D eigenvalue weighted by Crippen LogP contribution is -2.31. The van der Waals surface area contributed by atoms with Crippen molar-refractivity contribution in [3.63, 3.8) is 0 Å². The van der Waals surface area contributed by atoms with Gasteiger partial charge >= 0.3 is 0 Å². The second kappa shape index (κ2) is 10.2. The molecule has 0 saturated heterocycles. The molecule has 0 radical (unpaired) electrons. The van der Waals surface area contributed by atoms with Crippen LogP contribution in [0.3, 0.4) is 0 Å². The zero-order chi connectivity index (χ0) is 7.82. The molecule has 3 heteroatoms. The van der Waals surface area contributed by atoms with E-state index < -0.39 is 0 Å². The Morgan fingerprint density at radius 1 is 1.09 bits per heavy atom. The summed E-state index contributed by atoms with van der Waals surface area (Å²) in [6.45, 7) is 12.3. The predicted molar refractivity (Wildman–Crippen MR) is 53.6 cm³/mol. The van der Waals surface area contributed by atoms with Crippen LogP contribution in [-0.4, -0.2) is 37.6 Å². The summed E-state index contributed by atoms with van der Waals surface area (Å²) in [5.41, 5.74) is 0. The van der Waals surface area contributed by atoms with Crippen LogP contribution < -0.4 is 5.32 Å². The highest BCUT2D eigenvalue weighted by atomic mass is 35.5. The number of nitrogens with one attached hydrogen (secondary N) is 1. The smallest absolute Gasteiger partial charge is 0.0107 e. The Bertz CT molecular complexity index is 65.1. The quantitative estimate of drug-likeness (QED) is 0.622. The minimum atomic E-state index is 0. The van der Waals surface area contributed by atoms with E-state index in [4.69, 9.17) is 0 Å². The third-order valence-electron chi connectivity index (χ3n) is 1.75. The van der Waals surface area contributed by atoms with Crippen molar-refractivity contribution in [3.8, 4) is 0 Å². The first kappa shape index (κ1) is 13.8. The van der Waals surface area contributed by atoms with Gasteiger partial charge in [0.15, 0.2) is 0 Å². The van der Waals surface area contributed by atoms with Crippen LogP contribution in [0.25, 0.3) is 0 Å². The molecule has 0 bridgehead atoms. The minimum absolute atomic E-state index is 0. The highest BCUT2D eigenvalue weighted by Crippen LogP contribution is 1.83. The molecule has 1 N–H and O–H groups in total. The average molecular weight is 181 g/mol. The molecule has 70 valence electrons. The monoisotopic (exact) mass is 180 g/mol. The van der Waals surface area contributed by atoms with E-state index >= 15 is 0 Å². The number of hydrogen-bond donors (Lipinski definition) is 1. The molecule has 2 nitrogen and oxygen atoms in total.